The molecule has 4 bridgehead atoms. The first-order chi connectivity index (χ1) is 12.5. The van der Waals surface area contributed by atoms with Crippen molar-refractivity contribution in [2.75, 3.05) is 5.73 Å². The van der Waals surface area contributed by atoms with Crippen LogP contribution in [0.4, 0.5) is 27.6 Å². The van der Waals surface area contributed by atoms with Gasteiger partial charge in [0.1, 0.15) is 5.56 Å². The van der Waals surface area contributed by atoms with Gasteiger partial charge in [0.05, 0.1) is 18.2 Å². The number of hydrogen-bond donors (Lipinski definition) is 1. The van der Waals surface area contributed by atoms with E-state index in [-0.39, 0.29) is 29.6 Å². The van der Waals surface area contributed by atoms with Gasteiger partial charge in [-0.1, -0.05) is 0 Å². The fourth-order valence-corrected chi connectivity index (χ4v) is 2.77. The quantitative estimate of drug-likeness (QED) is 0.675. The second kappa shape index (κ2) is 6.93. The highest BCUT2D eigenvalue weighted by Crippen LogP contribution is 2.40. The monoisotopic (exact) mass is 392 g/mol. The highest BCUT2D eigenvalue weighted by atomic mass is 19.4. The topological polar surface area (TPSA) is 87.1 Å². The van der Waals surface area contributed by atoms with Crippen LogP contribution >= 0.6 is 0 Å². The summed E-state index contributed by atoms with van der Waals surface area (Å²) in [6.07, 6.45) is -5.74. The van der Waals surface area contributed by atoms with E-state index in [1.807, 2.05) is 0 Å². The van der Waals surface area contributed by atoms with Gasteiger partial charge in [0.25, 0.3) is 11.8 Å². The highest BCUT2D eigenvalue weighted by Gasteiger charge is 2.38. The molecule has 3 rings (SSSR count). The number of nitrogens with two attached hydrogens (primary N) is 1. The number of aromatic nitrogens is 3. The Balaban J connectivity index is 2.09. The van der Waals surface area contributed by atoms with Crippen LogP contribution in [-0.4, -0.2) is 27.2 Å². The molecule has 0 amide bonds. The van der Waals surface area contributed by atoms with E-state index in [0.29, 0.717) is 18.9 Å². The first kappa shape index (κ1) is 19.3. The van der Waals surface area contributed by atoms with Gasteiger partial charge in [-0.2, -0.15) is 13.2 Å². The van der Waals surface area contributed by atoms with Crippen molar-refractivity contribution in [3.8, 4) is 17.5 Å². The lowest BCUT2D eigenvalue weighted by atomic mass is 10.1. The molecule has 11 heteroatoms. The highest BCUT2D eigenvalue weighted by molar-refractivity contribution is 5.68. The maximum atomic E-state index is 14.0. The van der Waals surface area contributed by atoms with Crippen LogP contribution in [0.2, 0.25) is 0 Å². The third-order valence-electron chi connectivity index (χ3n) is 4.12. The van der Waals surface area contributed by atoms with E-state index in [0.717, 1.165) is 0 Å². The van der Waals surface area contributed by atoms with Crippen molar-refractivity contribution in [3.63, 3.8) is 0 Å². The molecule has 0 aromatic carbocycles. The fourth-order valence-electron chi connectivity index (χ4n) is 2.77. The Labute approximate surface area is 150 Å². The number of alkyl halides is 5. The van der Waals surface area contributed by atoms with E-state index >= 15 is 0 Å². The van der Waals surface area contributed by atoms with Gasteiger partial charge in [0, 0.05) is 6.42 Å². The molecule has 0 saturated carbocycles. The molecule has 2 N–H and O–H groups in total. The fraction of sp³-hybridized carbons (Fsp3) is 0.562. The Morgan fingerprint density at radius 2 is 1.96 bits per heavy atom. The normalized spacial score (nSPS) is 20.6. The number of nitrogen functional groups attached to an aromatic ring is 1. The van der Waals surface area contributed by atoms with Crippen LogP contribution in [0.1, 0.15) is 44.1 Å². The number of anilines is 1. The zero-order chi connectivity index (χ0) is 19.8. The molecule has 0 radical (unpaired) electrons. The molecule has 6 nitrogen and oxygen atoms in total. The maximum absolute atomic E-state index is 14.0. The van der Waals surface area contributed by atoms with Crippen LogP contribution in [0.3, 0.4) is 0 Å². The van der Waals surface area contributed by atoms with Gasteiger partial charge in [-0.25, -0.2) is 13.8 Å². The summed E-state index contributed by atoms with van der Waals surface area (Å²) in [7, 11) is 0. The summed E-state index contributed by atoms with van der Waals surface area (Å²) in [5.74, 6) is -4.39. The Kier molecular flexibility index (Phi) is 4.96. The van der Waals surface area contributed by atoms with Gasteiger partial charge in [0.2, 0.25) is 11.8 Å². The average molecular weight is 392 g/mol. The first-order valence-electron chi connectivity index (χ1n) is 8.30. The lowest BCUT2D eigenvalue weighted by Gasteiger charge is -2.20. The standard InChI is InChI=1S/C16H17F5N4O2/c1-8-4-2-3-5-15(17,18)7-11-24-25-14(27-11)12-10(22)6-9(16(19,20)21)13(23-12)26-8/h6,8H,2-5,7,22H2,1H3/t8-/m1/s1. The zero-order valence-corrected chi connectivity index (χ0v) is 14.3. The molecule has 1 atom stereocenters. The molecule has 27 heavy (non-hydrogen) atoms. The summed E-state index contributed by atoms with van der Waals surface area (Å²) < 4.78 is 78.4. The van der Waals surface area contributed by atoms with Crippen molar-refractivity contribution in [1.82, 2.24) is 15.2 Å². The lowest BCUT2D eigenvalue weighted by Crippen LogP contribution is -2.21. The number of ether oxygens (including phenoxy) is 1. The lowest BCUT2D eigenvalue weighted by molar-refractivity contribution is -0.139. The summed E-state index contributed by atoms with van der Waals surface area (Å²) in [6.45, 7) is 1.55. The summed E-state index contributed by atoms with van der Waals surface area (Å²) in [6, 6.07) is 0.661. The molecule has 148 valence electrons. The molecule has 0 unspecified atom stereocenters. The third kappa shape index (κ3) is 4.45. The van der Waals surface area contributed by atoms with Crippen molar-refractivity contribution in [2.24, 2.45) is 0 Å². The van der Waals surface area contributed by atoms with Crippen LogP contribution in [0.15, 0.2) is 10.5 Å². The largest absolute Gasteiger partial charge is 0.474 e. The predicted octanol–water partition coefficient (Wildman–Crippen LogP) is 4.25. The van der Waals surface area contributed by atoms with Gasteiger partial charge in [-0.05, 0) is 32.3 Å². The number of rotatable bonds is 0. The molecule has 0 saturated heterocycles. The first-order valence-corrected chi connectivity index (χ1v) is 8.30. The molecule has 0 aliphatic carbocycles. The molecule has 3 heterocycles. The van der Waals surface area contributed by atoms with Gasteiger partial charge in [-0.15, -0.1) is 10.2 Å². The Morgan fingerprint density at radius 1 is 1.22 bits per heavy atom. The predicted molar refractivity (Wildman–Crippen MR) is 84.2 cm³/mol. The maximum Gasteiger partial charge on any atom is 0.421 e. The van der Waals surface area contributed by atoms with E-state index in [4.69, 9.17) is 14.9 Å². The summed E-state index contributed by atoms with van der Waals surface area (Å²) >= 11 is 0. The molecule has 2 aromatic rings. The van der Waals surface area contributed by atoms with Crippen molar-refractivity contribution in [1.29, 1.82) is 0 Å². The molecule has 0 fully saturated rings. The van der Waals surface area contributed by atoms with Crippen molar-refractivity contribution >= 4 is 5.69 Å². The Morgan fingerprint density at radius 3 is 2.67 bits per heavy atom. The van der Waals surface area contributed by atoms with Crippen LogP contribution in [-0.2, 0) is 12.6 Å². The SMILES string of the molecule is C[C@@H]1CCCCC(F)(F)Cc2nnc(o2)-c2nc(c(C(F)(F)F)cc2N)O1. The van der Waals surface area contributed by atoms with E-state index < -0.39 is 42.5 Å². The van der Waals surface area contributed by atoms with Crippen molar-refractivity contribution < 1.29 is 31.1 Å². The van der Waals surface area contributed by atoms with Crippen molar-refractivity contribution in [2.45, 2.75) is 57.2 Å². The van der Waals surface area contributed by atoms with Gasteiger partial charge in [0.15, 0.2) is 5.69 Å². The van der Waals surface area contributed by atoms with Crippen LogP contribution in [0.5, 0.6) is 5.88 Å². The zero-order valence-electron chi connectivity index (χ0n) is 14.3. The summed E-state index contributed by atoms with van der Waals surface area (Å²) in [5.41, 5.74) is 3.91. The van der Waals surface area contributed by atoms with Crippen molar-refractivity contribution in [3.05, 3.63) is 17.5 Å². The number of halogens is 5. The second-order valence-corrected chi connectivity index (χ2v) is 6.48. The van der Waals surface area contributed by atoms with E-state index in [2.05, 4.69) is 15.2 Å². The minimum absolute atomic E-state index is 0.175. The number of pyridine rings is 1. The molecule has 0 spiro atoms. The summed E-state index contributed by atoms with van der Waals surface area (Å²) in [5, 5.41) is 7.12. The van der Waals surface area contributed by atoms with Gasteiger partial charge >= 0.3 is 6.18 Å². The molecular weight excluding hydrogens is 375 g/mol. The smallest absolute Gasteiger partial charge is 0.421 e. The number of fused-ring (bicyclic) bond motifs is 5. The van der Waals surface area contributed by atoms with E-state index in [1.165, 1.54) is 0 Å². The van der Waals surface area contributed by atoms with Gasteiger partial charge in [-0.3, -0.25) is 0 Å². The number of hydrogen-bond acceptors (Lipinski definition) is 6. The summed E-state index contributed by atoms with van der Waals surface area (Å²) in [4.78, 5) is 3.81. The minimum Gasteiger partial charge on any atom is -0.474 e. The molecule has 2 aromatic heterocycles. The third-order valence-corrected chi connectivity index (χ3v) is 4.12. The molecule has 1 aliphatic rings. The van der Waals surface area contributed by atoms with Crippen LogP contribution < -0.4 is 10.5 Å². The second-order valence-electron chi connectivity index (χ2n) is 6.48. The molecular formula is C16H17F5N4O2. The molecule has 1 aliphatic heterocycles. The average Bonchev–Trinajstić information content (AvgIpc) is 2.98. The minimum atomic E-state index is -4.73. The Hall–Kier alpha value is -2.46. The van der Waals surface area contributed by atoms with Crippen LogP contribution in [0, 0.1) is 0 Å². The van der Waals surface area contributed by atoms with E-state index in [1.54, 1.807) is 6.92 Å². The Bertz CT molecular complexity index is 822. The van der Waals surface area contributed by atoms with Gasteiger partial charge < -0.3 is 14.9 Å². The number of nitrogens with zero attached hydrogens (tertiary/aromatic N) is 3. The van der Waals surface area contributed by atoms with Crippen LogP contribution in [0.25, 0.3) is 11.6 Å². The van der Waals surface area contributed by atoms with E-state index in [9.17, 15) is 22.0 Å².